The molecule has 0 spiro atoms. The minimum absolute atomic E-state index is 0. The highest BCUT2D eigenvalue weighted by Gasteiger charge is 2.41. The molecule has 3 nitrogen and oxygen atoms in total. The van der Waals surface area contributed by atoms with Gasteiger partial charge in [-0.15, -0.1) is 23.7 Å². The van der Waals surface area contributed by atoms with Crippen molar-refractivity contribution in [3.05, 3.63) is 22.4 Å². The molecule has 0 bridgehead atoms. The van der Waals surface area contributed by atoms with Crippen LogP contribution in [-0.4, -0.2) is 30.1 Å². The third-order valence-corrected chi connectivity index (χ3v) is 6.10. The molecule has 1 aromatic heterocycles. The molecule has 0 amide bonds. The molecule has 2 fully saturated rings. The van der Waals surface area contributed by atoms with Crippen LogP contribution in [0.1, 0.15) is 56.7 Å². The molecule has 0 radical (unpaired) electrons. The predicted octanol–water partition coefficient (Wildman–Crippen LogP) is 4.36. The number of esters is 1. The standard InChI is InChI=1S/C17H25NO2S.ClH/c1-14(19)20-15-7-11-18(12-8-15)17(9-3-2-4-10-17)16-6-5-13-21-16;/h5-6,13,15H,2-4,7-12H2,1H3;1H. The Morgan fingerprint density at radius 2 is 1.95 bits per heavy atom. The summed E-state index contributed by atoms with van der Waals surface area (Å²) < 4.78 is 5.39. The Labute approximate surface area is 143 Å². The van der Waals surface area contributed by atoms with Gasteiger partial charge in [-0.2, -0.15) is 0 Å². The molecule has 1 aliphatic heterocycles. The van der Waals surface area contributed by atoms with E-state index in [1.165, 1.54) is 43.9 Å². The Balaban J connectivity index is 0.00000176. The third-order valence-electron chi connectivity index (χ3n) is 5.04. The van der Waals surface area contributed by atoms with Gasteiger partial charge in [-0.3, -0.25) is 9.69 Å². The number of thiophene rings is 1. The van der Waals surface area contributed by atoms with Crippen molar-refractivity contribution in [2.24, 2.45) is 0 Å². The number of rotatable bonds is 3. The molecule has 5 heteroatoms. The first kappa shape index (κ1) is 17.8. The van der Waals surface area contributed by atoms with Crippen molar-refractivity contribution in [3.8, 4) is 0 Å². The molecule has 22 heavy (non-hydrogen) atoms. The second-order valence-corrected chi connectivity index (χ2v) is 7.31. The summed E-state index contributed by atoms with van der Waals surface area (Å²) in [5.41, 5.74) is 0.258. The van der Waals surface area contributed by atoms with Crippen LogP contribution in [0.3, 0.4) is 0 Å². The highest BCUT2D eigenvalue weighted by atomic mass is 35.5. The smallest absolute Gasteiger partial charge is 0.302 e. The fourth-order valence-electron chi connectivity index (χ4n) is 4.03. The first-order valence-corrected chi connectivity index (χ1v) is 9.05. The maximum absolute atomic E-state index is 11.1. The number of carbonyl (C=O) groups is 1. The molecule has 2 aliphatic rings. The normalized spacial score (nSPS) is 22.8. The van der Waals surface area contributed by atoms with Gasteiger partial charge in [0.1, 0.15) is 6.10 Å². The SMILES string of the molecule is CC(=O)OC1CCN(C2(c3cccs3)CCCCC2)CC1.Cl. The molecule has 0 N–H and O–H groups in total. The topological polar surface area (TPSA) is 29.5 Å². The summed E-state index contributed by atoms with van der Waals surface area (Å²) in [5, 5.41) is 2.21. The van der Waals surface area contributed by atoms with E-state index in [1.807, 2.05) is 11.3 Å². The summed E-state index contributed by atoms with van der Waals surface area (Å²) in [6, 6.07) is 4.50. The molecule has 1 saturated carbocycles. The van der Waals surface area contributed by atoms with E-state index in [9.17, 15) is 4.79 Å². The van der Waals surface area contributed by atoms with Crippen molar-refractivity contribution >= 4 is 29.7 Å². The van der Waals surface area contributed by atoms with Gasteiger partial charge in [0.15, 0.2) is 0 Å². The maximum Gasteiger partial charge on any atom is 0.302 e. The molecule has 3 rings (SSSR count). The fraction of sp³-hybridized carbons (Fsp3) is 0.706. The van der Waals surface area contributed by atoms with Gasteiger partial charge in [-0.05, 0) is 37.1 Å². The van der Waals surface area contributed by atoms with E-state index in [4.69, 9.17) is 4.74 Å². The van der Waals surface area contributed by atoms with Gasteiger partial charge < -0.3 is 4.74 Å². The van der Waals surface area contributed by atoms with Crippen LogP contribution in [0.15, 0.2) is 17.5 Å². The van der Waals surface area contributed by atoms with Crippen LogP contribution in [0.25, 0.3) is 0 Å². The van der Waals surface area contributed by atoms with E-state index in [-0.39, 0.29) is 30.0 Å². The van der Waals surface area contributed by atoms with E-state index < -0.39 is 0 Å². The molecular formula is C17H26ClNO2S. The number of ether oxygens (including phenoxy) is 1. The molecule has 1 aliphatic carbocycles. The average molecular weight is 344 g/mol. The fourth-order valence-corrected chi connectivity index (χ4v) is 5.05. The highest BCUT2D eigenvalue weighted by Crippen LogP contribution is 2.45. The molecule has 0 aromatic carbocycles. The van der Waals surface area contributed by atoms with E-state index in [2.05, 4.69) is 22.4 Å². The van der Waals surface area contributed by atoms with Gasteiger partial charge in [-0.1, -0.05) is 25.3 Å². The Kier molecular flexibility index (Phi) is 6.30. The summed E-state index contributed by atoms with van der Waals surface area (Å²) in [6.45, 7) is 3.62. The van der Waals surface area contributed by atoms with Crippen molar-refractivity contribution in [3.63, 3.8) is 0 Å². The second kappa shape index (κ2) is 7.80. The summed E-state index contributed by atoms with van der Waals surface area (Å²) >= 11 is 1.91. The zero-order valence-corrected chi connectivity index (χ0v) is 14.9. The molecule has 0 atom stereocenters. The van der Waals surface area contributed by atoms with Crippen molar-refractivity contribution < 1.29 is 9.53 Å². The van der Waals surface area contributed by atoms with Crippen LogP contribution in [0.5, 0.6) is 0 Å². The van der Waals surface area contributed by atoms with Gasteiger partial charge in [0.25, 0.3) is 0 Å². The summed E-state index contributed by atoms with van der Waals surface area (Å²) in [4.78, 5) is 15.3. The second-order valence-electron chi connectivity index (χ2n) is 6.37. The van der Waals surface area contributed by atoms with Gasteiger partial charge >= 0.3 is 5.97 Å². The Bertz CT molecular complexity index is 463. The molecule has 0 unspecified atom stereocenters. The molecular weight excluding hydrogens is 318 g/mol. The number of halogens is 1. The number of piperidine rings is 1. The number of hydrogen-bond acceptors (Lipinski definition) is 4. The minimum Gasteiger partial charge on any atom is -0.462 e. The maximum atomic E-state index is 11.1. The van der Waals surface area contributed by atoms with Crippen molar-refractivity contribution in [2.45, 2.75) is 63.5 Å². The first-order chi connectivity index (χ1) is 10.2. The lowest BCUT2D eigenvalue weighted by molar-refractivity contribution is -0.149. The van der Waals surface area contributed by atoms with Crippen LogP contribution in [0.4, 0.5) is 0 Å². The average Bonchev–Trinajstić information content (AvgIpc) is 3.03. The van der Waals surface area contributed by atoms with Crippen molar-refractivity contribution in [1.82, 2.24) is 4.90 Å². The third kappa shape index (κ3) is 3.66. The summed E-state index contributed by atoms with van der Waals surface area (Å²) in [5.74, 6) is -0.140. The zero-order valence-electron chi connectivity index (χ0n) is 13.3. The lowest BCUT2D eigenvalue weighted by Crippen LogP contribution is -2.51. The largest absolute Gasteiger partial charge is 0.462 e. The van der Waals surface area contributed by atoms with Crippen LogP contribution in [0.2, 0.25) is 0 Å². The lowest BCUT2D eigenvalue weighted by Gasteiger charge is -2.48. The van der Waals surface area contributed by atoms with Gasteiger partial charge in [0, 0.05) is 24.9 Å². The quantitative estimate of drug-likeness (QED) is 0.764. The van der Waals surface area contributed by atoms with E-state index in [0.29, 0.717) is 0 Å². The zero-order chi connectivity index (χ0) is 14.7. The Morgan fingerprint density at radius 3 is 2.50 bits per heavy atom. The van der Waals surface area contributed by atoms with Gasteiger partial charge in [-0.25, -0.2) is 0 Å². The Morgan fingerprint density at radius 1 is 1.27 bits per heavy atom. The lowest BCUT2D eigenvalue weighted by atomic mass is 9.78. The Hall–Kier alpha value is -0.580. The molecule has 1 aromatic rings. The predicted molar refractivity (Wildman–Crippen MR) is 92.7 cm³/mol. The first-order valence-electron chi connectivity index (χ1n) is 8.17. The van der Waals surface area contributed by atoms with Crippen molar-refractivity contribution in [2.75, 3.05) is 13.1 Å². The van der Waals surface area contributed by atoms with E-state index >= 15 is 0 Å². The van der Waals surface area contributed by atoms with E-state index in [0.717, 1.165) is 25.9 Å². The molecule has 2 heterocycles. The number of likely N-dealkylation sites (tertiary alicyclic amines) is 1. The number of carbonyl (C=O) groups excluding carboxylic acids is 1. The minimum atomic E-state index is -0.140. The van der Waals surface area contributed by atoms with Gasteiger partial charge in [0.2, 0.25) is 0 Å². The monoisotopic (exact) mass is 343 g/mol. The summed E-state index contributed by atoms with van der Waals surface area (Å²) in [7, 11) is 0. The number of nitrogens with zero attached hydrogens (tertiary/aromatic N) is 1. The molecule has 1 saturated heterocycles. The summed E-state index contributed by atoms with van der Waals surface area (Å²) in [6.07, 6.45) is 8.69. The van der Waals surface area contributed by atoms with Crippen LogP contribution < -0.4 is 0 Å². The van der Waals surface area contributed by atoms with Crippen LogP contribution >= 0.6 is 23.7 Å². The highest BCUT2D eigenvalue weighted by molar-refractivity contribution is 7.10. The van der Waals surface area contributed by atoms with Crippen molar-refractivity contribution in [1.29, 1.82) is 0 Å². The van der Waals surface area contributed by atoms with E-state index in [1.54, 1.807) is 0 Å². The number of hydrogen-bond donors (Lipinski definition) is 0. The molecule has 124 valence electrons. The van der Waals surface area contributed by atoms with Gasteiger partial charge in [0.05, 0.1) is 5.54 Å². The van der Waals surface area contributed by atoms with Crippen LogP contribution in [0, 0.1) is 0 Å². The van der Waals surface area contributed by atoms with Crippen LogP contribution in [-0.2, 0) is 15.1 Å².